The van der Waals surface area contributed by atoms with Crippen LogP contribution in [0, 0.1) is 5.92 Å². The van der Waals surface area contributed by atoms with E-state index in [1.807, 2.05) is 4.90 Å². The van der Waals surface area contributed by atoms with Crippen LogP contribution in [0.4, 0.5) is 5.69 Å². The molecule has 0 saturated carbocycles. The van der Waals surface area contributed by atoms with Crippen LogP contribution >= 0.6 is 0 Å². The van der Waals surface area contributed by atoms with E-state index in [-0.39, 0.29) is 10.9 Å². The normalized spacial score (nSPS) is 17.5. The highest BCUT2D eigenvalue weighted by molar-refractivity contribution is 7.92. The number of piperidine rings is 1. The molecule has 0 radical (unpaired) electrons. The van der Waals surface area contributed by atoms with Crippen molar-refractivity contribution in [2.75, 3.05) is 18.0 Å². The molecule has 0 atom stereocenters. The summed E-state index contributed by atoms with van der Waals surface area (Å²) < 4.78 is 23.7. The smallest absolute Gasteiger partial charge is 0.306 e. The van der Waals surface area contributed by atoms with Gasteiger partial charge >= 0.3 is 5.97 Å². The Morgan fingerprint density at radius 2 is 1.86 bits per heavy atom. The first-order valence-corrected chi connectivity index (χ1v) is 8.79. The lowest BCUT2D eigenvalue weighted by molar-refractivity contribution is -0.142. The van der Waals surface area contributed by atoms with Gasteiger partial charge in [-0.25, -0.2) is 13.4 Å². The van der Waals surface area contributed by atoms with Gasteiger partial charge < -0.3 is 10.0 Å². The van der Waals surface area contributed by atoms with Crippen LogP contribution in [0.5, 0.6) is 0 Å². The van der Waals surface area contributed by atoms with E-state index in [1.165, 1.54) is 6.07 Å². The molecule has 0 unspecified atom stereocenters. The lowest BCUT2D eigenvalue weighted by atomic mass is 9.97. The monoisotopic (exact) mass is 326 g/mol. The number of carboxylic acid groups (broad SMARTS) is 1. The first-order valence-electron chi connectivity index (χ1n) is 7.31. The molecule has 1 aliphatic heterocycles. The Hall–Kier alpha value is -1.63. The zero-order chi connectivity index (χ0) is 16.5. The van der Waals surface area contributed by atoms with Crippen LogP contribution in [-0.2, 0) is 14.6 Å². The molecular formula is C15H22N2O4S. The Kier molecular flexibility index (Phi) is 4.47. The summed E-state index contributed by atoms with van der Waals surface area (Å²) in [6.45, 7) is 6.23. The molecule has 0 amide bonds. The van der Waals surface area contributed by atoms with Gasteiger partial charge in [0.15, 0.2) is 14.9 Å². The number of hydrogen-bond donors (Lipinski definition) is 1. The molecule has 0 aromatic carbocycles. The van der Waals surface area contributed by atoms with E-state index in [2.05, 4.69) is 4.98 Å². The fraction of sp³-hybridized carbons (Fsp3) is 0.600. The average Bonchev–Trinajstić information content (AvgIpc) is 2.46. The third-order valence-electron chi connectivity index (χ3n) is 4.01. The second-order valence-corrected chi connectivity index (χ2v) is 9.22. The first kappa shape index (κ1) is 16.7. The van der Waals surface area contributed by atoms with Crippen LogP contribution in [0.25, 0.3) is 0 Å². The summed E-state index contributed by atoms with van der Waals surface area (Å²) in [4.78, 5) is 17.1. The molecule has 1 aliphatic rings. The Morgan fingerprint density at radius 1 is 1.27 bits per heavy atom. The van der Waals surface area contributed by atoms with Crippen molar-refractivity contribution < 1.29 is 18.3 Å². The van der Waals surface area contributed by atoms with Gasteiger partial charge in [0.1, 0.15) is 0 Å². The van der Waals surface area contributed by atoms with Gasteiger partial charge in [-0.3, -0.25) is 4.79 Å². The van der Waals surface area contributed by atoms with E-state index in [1.54, 1.807) is 33.0 Å². The van der Waals surface area contributed by atoms with Gasteiger partial charge in [-0.15, -0.1) is 0 Å². The van der Waals surface area contributed by atoms with Crippen molar-refractivity contribution in [2.45, 2.75) is 43.4 Å². The molecule has 0 spiro atoms. The van der Waals surface area contributed by atoms with E-state index in [0.717, 1.165) is 5.69 Å². The molecule has 1 N–H and O–H groups in total. The fourth-order valence-electron chi connectivity index (χ4n) is 2.42. The summed E-state index contributed by atoms with van der Waals surface area (Å²) in [6, 6.07) is 3.27. The van der Waals surface area contributed by atoms with Crippen LogP contribution in [0.3, 0.4) is 0 Å². The largest absolute Gasteiger partial charge is 0.481 e. The minimum Gasteiger partial charge on any atom is -0.481 e. The molecule has 7 heteroatoms. The van der Waals surface area contributed by atoms with Gasteiger partial charge in [-0.2, -0.15) is 0 Å². The summed E-state index contributed by atoms with van der Waals surface area (Å²) in [5.74, 6) is -1.03. The number of pyridine rings is 1. The molecule has 0 aliphatic carbocycles. The summed E-state index contributed by atoms with van der Waals surface area (Å²) >= 11 is 0. The SMILES string of the molecule is CC(C)(C)S(=O)(=O)c1ccc(N2CCC(C(=O)O)CC2)cn1. The number of carbonyl (C=O) groups is 1. The van der Waals surface area contributed by atoms with E-state index in [4.69, 9.17) is 5.11 Å². The topological polar surface area (TPSA) is 87.6 Å². The molecule has 1 saturated heterocycles. The zero-order valence-electron chi connectivity index (χ0n) is 13.1. The lowest BCUT2D eigenvalue weighted by Gasteiger charge is -2.31. The number of nitrogens with zero attached hydrogens (tertiary/aromatic N) is 2. The predicted molar refractivity (Wildman–Crippen MR) is 83.7 cm³/mol. The fourth-order valence-corrected chi connectivity index (χ4v) is 3.48. The van der Waals surface area contributed by atoms with Crippen LogP contribution in [0.1, 0.15) is 33.6 Å². The van der Waals surface area contributed by atoms with E-state index >= 15 is 0 Å². The predicted octanol–water partition coefficient (Wildman–Crippen LogP) is 1.95. The molecule has 1 fully saturated rings. The highest BCUT2D eigenvalue weighted by Gasteiger charge is 2.32. The maximum atomic E-state index is 12.3. The average molecular weight is 326 g/mol. The molecule has 6 nitrogen and oxygen atoms in total. The molecule has 2 rings (SSSR count). The number of sulfone groups is 1. The minimum atomic E-state index is -3.45. The number of anilines is 1. The van der Waals surface area contributed by atoms with Crippen molar-refractivity contribution in [2.24, 2.45) is 5.92 Å². The van der Waals surface area contributed by atoms with Crippen molar-refractivity contribution in [3.8, 4) is 0 Å². The van der Waals surface area contributed by atoms with Crippen LogP contribution in [-0.4, -0.2) is 42.3 Å². The molecule has 22 heavy (non-hydrogen) atoms. The lowest BCUT2D eigenvalue weighted by Crippen LogP contribution is -2.36. The third-order valence-corrected chi connectivity index (χ3v) is 6.42. The third kappa shape index (κ3) is 3.24. The van der Waals surface area contributed by atoms with E-state index < -0.39 is 20.6 Å². The van der Waals surface area contributed by atoms with Gasteiger partial charge in [-0.05, 0) is 45.7 Å². The summed E-state index contributed by atoms with van der Waals surface area (Å²) in [5, 5.41) is 9.07. The van der Waals surface area contributed by atoms with Gasteiger partial charge in [-0.1, -0.05) is 0 Å². The van der Waals surface area contributed by atoms with Crippen LogP contribution < -0.4 is 4.90 Å². The van der Waals surface area contributed by atoms with E-state index in [9.17, 15) is 13.2 Å². The Bertz CT molecular complexity index is 639. The molecule has 1 aromatic rings. The van der Waals surface area contributed by atoms with Crippen LogP contribution in [0.15, 0.2) is 23.4 Å². The number of aliphatic carboxylic acids is 1. The highest BCUT2D eigenvalue weighted by atomic mass is 32.2. The molecular weight excluding hydrogens is 304 g/mol. The van der Waals surface area contributed by atoms with E-state index in [0.29, 0.717) is 25.9 Å². The van der Waals surface area contributed by atoms with Crippen LogP contribution in [0.2, 0.25) is 0 Å². The summed E-state index contributed by atoms with van der Waals surface area (Å²) in [6.07, 6.45) is 2.74. The Labute approximate surface area is 131 Å². The van der Waals surface area contributed by atoms with Gasteiger partial charge in [0.25, 0.3) is 0 Å². The quantitative estimate of drug-likeness (QED) is 0.913. The standard InChI is InChI=1S/C15H22N2O4S/c1-15(2,3)22(20,21)13-5-4-12(10-16-13)17-8-6-11(7-9-17)14(18)19/h4-5,10-11H,6-9H2,1-3H3,(H,18,19). The Balaban J connectivity index is 2.12. The number of aromatic nitrogens is 1. The second kappa shape index (κ2) is 5.87. The number of hydrogen-bond acceptors (Lipinski definition) is 5. The molecule has 2 heterocycles. The molecule has 0 bridgehead atoms. The molecule has 1 aromatic heterocycles. The highest BCUT2D eigenvalue weighted by Crippen LogP contribution is 2.26. The van der Waals surface area contributed by atoms with Crippen molar-refractivity contribution in [3.63, 3.8) is 0 Å². The summed E-state index contributed by atoms with van der Waals surface area (Å²) in [7, 11) is -3.45. The summed E-state index contributed by atoms with van der Waals surface area (Å²) in [5.41, 5.74) is 0.830. The van der Waals surface area contributed by atoms with Crippen molar-refractivity contribution >= 4 is 21.5 Å². The van der Waals surface area contributed by atoms with Crippen molar-refractivity contribution in [3.05, 3.63) is 18.3 Å². The second-order valence-electron chi connectivity index (χ2n) is 6.57. The van der Waals surface area contributed by atoms with Gasteiger partial charge in [0, 0.05) is 13.1 Å². The van der Waals surface area contributed by atoms with Gasteiger partial charge in [0.05, 0.1) is 22.5 Å². The Morgan fingerprint density at radius 3 is 2.27 bits per heavy atom. The maximum absolute atomic E-state index is 12.3. The minimum absolute atomic E-state index is 0.0733. The van der Waals surface area contributed by atoms with Crippen molar-refractivity contribution in [1.82, 2.24) is 4.98 Å². The first-order chi connectivity index (χ1) is 10.1. The molecule has 122 valence electrons. The zero-order valence-corrected chi connectivity index (χ0v) is 13.9. The van der Waals surface area contributed by atoms with Crippen molar-refractivity contribution in [1.29, 1.82) is 0 Å². The number of carboxylic acids is 1. The number of rotatable bonds is 3. The van der Waals surface area contributed by atoms with Gasteiger partial charge in [0.2, 0.25) is 0 Å². The maximum Gasteiger partial charge on any atom is 0.306 e.